The molecule has 0 aliphatic rings. The molecule has 182 valence electrons. The molecule has 0 saturated carbocycles. The zero-order chi connectivity index (χ0) is 23.9. The molecule has 0 saturated heterocycles. The van der Waals surface area contributed by atoms with Gasteiger partial charge in [0.05, 0.1) is 12.6 Å². The lowest BCUT2D eigenvalue weighted by Gasteiger charge is -2.24. The van der Waals surface area contributed by atoms with Crippen molar-refractivity contribution >= 4 is 12.2 Å². The van der Waals surface area contributed by atoms with Crippen molar-refractivity contribution in [1.82, 2.24) is 21.3 Å². The summed E-state index contributed by atoms with van der Waals surface area (Å²) >= 11 is 0. The molecular weight excluding hydrogens is 404 g/mol. The van der Waals surface area contributed by atoms with Crippen molar-refractivity contribution in [3.8, 4) is 5.75 Å². The van der Waals surface area contributed by atoms with Crippen LogP contribution < -0.4 is 26.0 Å². The maximum absolute atomic E-state index is 12.2. The fraction of sp³-hybridized carbons (Fsp3) is 0.680. The summed E-state index contributed by atoms with van der Waals surface area (Å²) in [5.74, 6) is 1.66. The molecule has 0 aromatic heterocycles. The zero-order valence-corrected chi connectivity index (χ0v) is 20.7. The van der Waals surface area contributed by atoms with Crippen LogP contribution in [0.15, 0.2) is 24.3 Å². The van der Waals surface area contributed by atoms with E-state index in [1.165, 1.54) is 0 Å². The van der Waals surface area contributed by atoms with E-state index in [4.69, 9.17) is 4.74 Å². The Labute approximate surface area is 194 Å². The maximum atomic E-state index is 12.2. The molecule has 0 spiro atoms. The zero-order valence-electron chi connectivity index (χ0n) is 20.7. The number of aldehydes is 1. The minimum absolute atomic E-state index is 0.0496. The van der Waals surface area contributed by atoms with Crippen molar-refractivity contribution in [2.24, 2.45) is 11.8 Å². The summed E-state index contributed by atoms with van der Waals surface area (Å²) in [6, 6.07) is 8.37. The first-order valence-corrected chi connectivity index (χ1v) is 11.9. The second kappa shape index (κ2) is 15.8. The fourth-order valence-corrected chi connectivity index (χ4v) is 3.52. The lowest BCUT2D eigenvalue weighted by Crippen LogP contribution is -2.46. The average Bonchev–Trinajstić information content (AvgIpc) is 2.77. The number of carbonyl (C=O) groups is 2. The molecule has 1 rings (SSSR count). The van der Waals surface area contributed by atoms with E-state index >= 15 is 0 Å². The molecule has 0 aliphatic heterocycles. The normalized spacial score (nSPS) is 15.1. The summed E-state index contributed by atoms with van der Waals surface area (Å²) in [7, 11) is 1.81. The summed E-state index contributed by atoms with van der Waals surface area (Å²) in [5.41, 5.74) is 1.15. The number of ether oxygens (including phenoxy) is 1. The molecule has 4 atom stereocenters. The molecule has 1 aromatic carbocycles. The summed E-state index contributed by atoms with van der Waals surface area (Å²) in [6.45, 7) is 12.9. The van der Waals surface area contributed by atoms with Crippen LogP contribution in [0, 0.1) is 11.8 Å². The highest BCUT2D eigenvalue weighted by molar-refractivity contribution is 5.81. The predicted octanol–water partition coefficient (Wildman–Crippen LogP) is 2.15. The summed E-state index contributed by atoms with van der Waals surface area (Å²) in [4.78, 5) is 22.8. The highest BCUT2D eigenvalue weighted by Crippen LogP contribution is 2.21. The smallest absolute Gasteiger partial charge is 0.237 e. The van der Waals surface area contributed by atoms with Gasteiger partial charge in [0.25, 0.3) is 0 Å². The van der Waals surface area contributed by atoms with Crippen LogP contribution in [0.25, 0.3) is 0 Å². The fourth-order valence-electron chi connectivity index (χ4n) is 3.52. The van der Waals surface area contributed by atoms with Gasteiger partial charge in [-0.3, -0.25) is 4.79 Å². The van der Waals surface area contributed by atoms with Crippen LogP contribution in [-0.4, -0.2) is 63.6 Å². The molecular formula is C25H44N4O3. The molecule has 0 bridgehead atoms. The number of rotatable bonds is 17. The van der Waals surface area contributed by atoms with Crippen LogP contribution in [0.3, 0.4) is 0 Å². The Balaban J connectivity index is 2.53. The first kappa shape index (κ1) is 28.1. The minimum atomic E-state index is -0.143. The lowest BCUT2D eigenvalue weighted by molar-refractivity contribution is -0.123. The molecule has 0 aliphatic carbocycles. The second-order valence-electron chi connectivity index (χ2n) is 8.96. The summed E-state index contributed by atoms with van der Waals surface area (Å²) in [6.07, 6.45) is 2.50. The molecule has 7 nitrogen and oxygen atoms in total. The minimum Gasteiger partial charge on any atom is -0.492 e. The Morgan fingerprint density at radius 1 is 1.09 bits per heavy atom. The first-order valence-electron chi connectivity index (χ1n) is 11.9. The van der Waals surface area contributed by atoms with Crippen LogP contribution in [0.5, 0.6) is 5.75 Å². The van der Waals surface area contributed by atoms with Crippen LogP contribution in [0.1, 0.15) is 46.6 Å². The monoisotopic (exact) mass is 448 g/mol. The van der Waals surface area contributed by atoms with Crippen molar-refractivity contribution in [2.75, 3.05) is 33.3 Å². The standard InChI is InChI=1S/C25H44N4O3/c1-7-22(26-6)25(31)29-15-19(4)14-21-10-8-9-11-24(21)32-17-20(5)28-16-23(18(2)3)27-12-13-30/h8-11,13,18-20,22-23,26-28H,7,12,14-17H2,1-6H3,(H,29,31)/t19?,20-,22?,23?/m0/s1. The SMILES string of the molecule is CCC(NC)C(=O)NCC(C)Cc1ccccc1OC[C@H](C)NCC(NCC=O)C(C)C. The van der Waals surface area contributed by atoms with Gasteiger partial charge < -0.3 is 30.8 Å². The van der Waals surface area contributed by atoms with E-state index in [1.54, 1.807) is 0 Å². The van der Waals surface area contributed by atoms with E-state index in [0.29, 0.717) is 31.5 Å². The lowest BCUT2D eigenvalue weighted by atomic mass is 10.00. The van der Waals surface area contributed by atoms with Crippen molar-refractivity contribution < 1.29 is 14.3 Å². The van der Waals surface area contributed by atoms with Gasteiger partial charge >= 0.3 is 0 Å². The van der Waals surface area contributed by atoms with Crippen LogP contribution in [0.4, 0.5) is 0 Å². The van der Waals surface area contributed by atoms with Gasteiger partial charge in [-0.15, -0.1) is 0 Å². The number of likely N-dealkylation sites (N-methyl/N-ethyl adjacent to an activating group) is 1. The Morgan fingerprint density at radius 3 is 2.44 bits per heavy atom. The predicted molar refractivity (Wildman–Crippen MR) is 131 cm³/mol. The van der Waals surface area contributed by atoms with Gasteiger partial charge in [-0.05, 0) is 50.3 Å². The number of hydrogen-bond donors (Lipinski definition) is 4. The van der Waals surface area contributed by atoms with Gasteiger partial charge in [-0.1, -0.05) is 45.9 Å². The number of carbonyl (C=O) groups excluding carboxylic acids is 2. The highest BCUT2D eigenvalue weighted by Gasteiger charge is 2.16. The molecule has 4 N–H and O–H groups in total. The molecule has 3 unspecified atom stereocenters. The molecule has 32 heavy (non-hydrogen) atoms. The van der Waals surface area contributed by atoms with Crippen molar-refractivity contribution in [3.63, 3.8) is 0 Å². The largest absolute Gasteiger partial charge is 0.492 e. The Hall–Kier alpha value is -1.96. The van der Waals surface area contributed by atoms with Gasteiger partial charge in [0.15, 0.2) is 0 Å². The maximum Gasteiger partial charge on any atom is 0.237 e. The van der Waals surface area contributed by atoms with E-state index < -0.39 is 0 Å². The van der Waals surface area contributed by atoms with Crippen LogP contribution in [-0.2, 0) is 16.0 Å². The van der Waals surface area contributed by atoms with E-state index in [-0.39, 0.29) is 24.0 Å². The highest BCUT2D eigenvalue weighted by atomic mass is 16.5. The Bertz CT molecular complexity index is 664. The average molecular weight is 449 g/mol. The van der Waals surface area contributed by atoms with Gasteiger partial charge in [0.1, 0.15) is 18.6 Å². The number of para-hydroxylation sites is 1. The molecule has 1 aromatic rings. The van der Waals surface area contributed by atoms with E-state index in [1.807, 2.05) is 32.2 Å². The van der Waals surface area contributed by atoms with Gasteiger partial charge in [0.2, 0.25) is 5.91 Å². The number of benzene rings is 1. The number of nitrogens with one attached hydrogen (secondary N) is 4. The van der Waals surface area contributed by atoms with Crippen molar-refractivity contribution in [1.29, 1.82) is 0 Å². The molecule has 1 amide bonds. The van der Waals surface area contributed by atoms with Gasteiger partial charge in [-0.2, -0.15) is 0 Å². The topological polar surface area (TPSA) is 91.5 Å². The second-order valence-corrected chi connectivity index (χ2v) is 8.96. The summed E-state index contributed by atoms with van der Waals surface area (Å²) < 4.78 is 6.14. The number of hydrogen-bond acceptors (Lipinski definition) is 6. The third-order valence-corrected chi connectivity index (χ3v) is 5.68. The van der Waals surface area contributed by atoms with Gasteiger partial charge in [0, 0.05) is 25.2 Å². The van der Waals surface area contributed by atoms with Gasteiger partial charge in [-0.25, -0.2) is 0 Å². The Morgan fingerprint density at radius 2 is 1.81 bits per heavy atom. The quantitative estimate of drug-likeness (QED) is 0.273. The van der Waals surface area contributed by atoms with E-state index in [9.17, 15) is 9.59 Å². The molecule has 0 fully saturated rings. The van der Waals surface area contributed by atoms with E-state index in [2.05, 4.69) is 55.0 Å². The van der Waals surface area contributed by atoms with Crippen molar-refractivity contribution in [3.05, 3.63) is 29.8 Å². The van der Waals surface area contributed by atoms with Crippen LogP contribution >= 0.6 is 0 Å². The first-order chi connectivity index (χ1) is 15.3. The van der Waals surface area contributed by atoms with Crippen molar-refractivity contribution in [2.45, 2.75) is 65.6 Å². The van der Waals surface area contributed by atoms with Crippen LogP contribution in [0.2, 0.25) is 0 Å². The summed E-state index contributed by atoms with van der Waals surface area (Å²) in [5, 5.41) is 12.8. The third kappa shape index (κ3) is 10.6. The molecule has 0 heterocycles. The Kier molecular flexibility index (Phi) is 13.8. The molecule has 7 heteroatoms. The van der Waals surface area contributed by atoms with E-state index in [0.717, 1.165) is 37.0 Å². The number of amides is 1. The molecule has 0 radical (unpaired) electrons. The third-order valence-electron chi connectivity index (χ3n) is 5.68.